The molecule has 5 rings (SSSR count). The number of aromatic carboxylic acids is 1. The number of likely N-dealkylation sites (tertiary alicyclic amines) is 1. The van der Waals surface area contributed by atoms with Gasteiger partial charge < -0.3 is 14.4 Å². The number of hydrogen-bond donors (Lipinski definition) is 1. The van der Waals surface area contributed by atoms with Crippen LogP contribution in [0.3, 0.4) is 0 Å². The van der Waals surface area contributed by atoms with Crippen LogP contribution in [0.25, 0.3) is 11.3 Å². The van der Waals surface area contributed by atoms with Crippen LogP contribution in [-0.2, 0) is 6.54 Å². The van der Waals surface area contributed by atoms with E-state index in [1.165, 1.54) is 31.9 Å². The molecule has 1 saturated heterocycles. The molecule has 1 unspecified atom stereocenters. The van der Waals surface area contributed by atoms with Gasteiger partial charge in [-0.1, -0.05) is 30.9 Å². The lowest BCUT2D eigenvalue weighted by atomic mass is 9.96. The standard InChI is InChI=1S/C25H29N5O4/c1-16-11-19(21-15-29(28-27-21)14-18-8-10-34-23(18)25(32)33)13-26-22(16)24(31)30-9-4-7-20(30)12-17-5-2-3-6-17/h8,10-11,13,15,17,20H,2-7,9,12,14H2,1H3,(H,32,33). The van der Waals surface area contributed by atoms with Crippen molar-refractivity contribution in [2.75, 3.05) is 6.54 Å². The van der Waals surface area contributed by atoms with Crippen molar-refractivity contribution in [3.8, 4) is 11.3 Å². The summed E-state index contributed by atoms with van der Waals surface area (Å²) in [6.07, 6.45) is 13.2. The molecule has 0 radical (unpaired) electrons. The average molecular weight is 464 g/mol. The maximum atomic E-state index is 13.3. The molecule has 1 N–H and O–H groups in total. The number of carbonyl (C=O) groups is 2. The van der Waals surface area contributed by atoms with Gasteiger partial charge in [0.2, 0.25) is 5.76 Å². The van der Waals surface area contributed by atoms with Crippen LogP contribution in [-0.4, -0.2) is 54.4 Å². The maximum absolute atomic E-state index is 13.3. The predicted octanol–water partition coefficient (Wildman–Crippen LogP) is 4.17. The van der Waals surface area contributed by atoms with E-state index in [4.69, 9.17) is 4.42 Å². The first-order valence-corrected chi connectivity index (χ1v) is 12.0. The summed E-state index contributed by atoms with van der Waals surface area (Å²) in [5.41, 5.74) is 3.19. The molecule has 2 fully saturated rings. The largest absolute Gasteiger partial charge is 0.475 e. The smallest absolute Gasteiger partial charge is 0.372 e. The third-order valence-corrected chi connectivity index (χ3v) is 7.11. The van der Waals surface area contributed by atoms with Crippen molar-refractivity contribution in [2.24, 2.45) is 5.92 Å². The van der Waals surface area contributed by atoms with Crippen molar-refractivity contribution in [2.45, 2.75) is 64.5 Å². The van der Waals surface area contributed by atoms with Crippen LogP contribution < -0.4 is 0 Å². The van der Waals surface area contributed by atoms with E-state index in [1.54, 1.807) is 23.1 Å². The number of nitrogens with zero attached hydrogens (tertiary/aromatic N) is 5. The topological polar surface area (TPSA) is 114 Å². The fourth-order valence-electron chi connectivity index (χ4n) is 5.38. The summed E-state index contributed by atoms with van der Waals surface area (Å²) in [6, 6.07) is 3.85. The summed E-state index contributed by atoms with van der Waals surface area (Å²) in [5, 5.41) is 17.5. The highest BCUT2D eigenvalue weighted by atomic mass is 16.4. The fraction of sp³-hybridized carbons (Fsp3) is 0.480. The lowest BCUT2D eigenvalue weighted by Gasteiger charge is -2.27. The van der Waals surface area contributed by atoms with E-state index in [9.17, 15) is 14.7 Å². The molecule has 1 aliphatic heterocycles. The quantitative estimate of drug-likeness (QED) is 0.559. The minimum Gasteiger partial charge on any atom is -0.475 e. The summed E-state index contributed by atoms with van der Waals surface area (Å²) < 4.78 is 6.58. The van der Waals surface area contributed by atoms with Crippen LogP contribution in [0.2, 0.25) is 0 Å². The Morgan fingerprint density at radius 3 is 2.79 bits per heavy atom. The first-order chi connectivity index (χ1) is 16.5. The van der Waals surface area contributed by atoms with Gasteiger partial charge in [-0.3, -0.25) is 9.78 Å². The first kappa shape index (κ1) is 22.3. The molecule has 0 spiro atoms. The van der Waals surface area contributed by atoms with E-state index >= 15 is 0 Å². The Morgan fingerprint density at radius 2 is 2.03 bits per heavy atom. The van der Waals surface area contributed by atoms with Crippen molar-refractivity contribution in [1.29, 1.82) is 0 Å². The Labute approximate surface area is 197 Å². The Balaban J connectivity index is 1.29. The van der Waals surface area contributed by atoms with Gasteiger partial charge in [0.05, 0.1) is 19.0 Å². The van der Waals surface area contributed by atoms with Gasteiger partial charge in [0.15, 0.2) is 0 Å². The second kappa shape index (κ2) is 9.40. The van der Waals surface area contributed by atoms with Gasteiger partial charge >= 0.3 is 5.97 Å². The molecule has 9 heteroatoms. The first-order valence-electron chi connectivity index (χ1n) is 12.0. The molecule has 1 amide bonds. The van der Waals surface area contributed by atoms with E-state index in [2.05, 4.69) is 15.3 Å². The molecular weight excluding hydrogens is 434 g/mol. The van der Waals surface area contributed by atoms with Gasteiger partial charge in [0, 0.05) is 29.9 Å². The fourth-order valence-corrected chi connectivity index (χ4v) is 5.38. The van der Waals surface area contributed by atoms with Gasteiger partial charge in [0.1, 0.15) is 11.4 Å². The number of carboxylic acids is 1. The summed E-state index contributed by atoms with van der Waals surface area (Å²) in [4.78, 5) is 31.2. The molecular formula is C25H29N5O4. The molecule has 3 aromatic rings. The zero-order valence-corrected chi connectivity index (χ0v) is 19.3. The Hall–Kier alpha value is -3.49. The zero-order chi connectivity index (χ0) is 23.7. The summed E-state index contributed by atoms with van der Waals surface area (Å²) >= 11 is 0. The number of amides is 1. The number of furan rings is 1. The SMILES string of the molecule is Cc1cc(-c2cn(Cc3ccoc3C(=O)O)nn2)cnc1C(=O)N1CCCC1CC1CCCC1. The maximum Gasteiger partial charge on any atom is 0.372 e. The van der Waals surface area contributed by atoms with Gasteiger partial charge in [-0.05, 0) is 49.8 Å². The summed E-state index contributed by atoms with van der Waals surface area (Å²) in [5.74, 6) is -0.449. The van der Waals surface area contributed by atoms with Crippen molar-refractivity contribution >= 4 is 11.9 Å². The number of carbonyl (C=O) groups excluding carboxylic acids is 1. The van der Waals surface area contributed by atoms with Crippen LogP contribution >= 0.6 is 0 Å². The molecule has 1 atom stereocenters. The Morgan fingerprint density at radius 1 is 1.21 bits per heavy atom. The number of hydrogen-bond acceptors (Lipinski definition) is 6. The molecule has 4 heterocycles. The van der Waals surface area contributed by atoms with E-state index in [0.717, 1.165) is 42.9 Å². The second-order valence-corrected chi connectivity index (χ2v) is 9.45. The van der Waals surface area contributed by atoms with E-state index in [0.29, 0.717) is 23.0 Å². The van der Waals surface area contributed by atoms with Crippen LogP contribution in [0, 0.1) is 12.8 Å². The molecule has 2 aliphatic rings. The molecule has 9 nitrogen and oxygen atoms in total. The predicted molar refractivity (Wildman–Crippen MR) is 123 cm³/mol. The van der Waals surface area contributed by atoms with E-state index in [-0.39, 0.29) is 18.2 Å². The van der Waals surface area contributed by atoms with Crippen LogP contribution in [0.1, 0.15) is 77.1 Å². The molecule has 1 aliphatic carbocycles. The molecule has 34 heavy (non-hydrogen) atoms. The highest BCUT2D eigenvalue weighted by Gasteiger charge is 2.33. The Bertz CT molecular complexity index is 1190. The van der Waals surface area contributed by atoms with Crippen molar-refractivity contribution in [3.63, 3.8) is 0 Å². The zero-order valence-electron chi connectivity index (χ0n) is 19.3. The molecule has 3 aromatic heterocycles. The number of rotatable bonds is 7. The van der Waals surface area contributed by atoms with Gasteiger partial charge in [-0.25, -0.2) is 9.48 Å². The van der Waals surface area contributed by atoms with Gasteiger partial charge in [0.25, 0.3) is 5.91 Å². The van der Waals surface area contributed by atoms with E-state index in [1.807, 2.05) is 17.9 Å². The minimum atomic E-state index is -1.12. The lowest BCUT2D eigenvalue weighted by molar-refractivity contribution is 0.0659. The van der Waals surface area contributed by atoms with Crippen LogP contribution in [0.4, 0.5) is 0 Å². The number of pyridine rings is 1. The summed E-state index contributed by atoms with van der Waals surface area (Å²) in [6.45, 7) is 2.94. The average Bonchev–Trinajstić information content (AvgIpc) is 3.62. The second-order valence-electron chi connectivity index (χ2n) is 9.45. The minimum absolute atomic E-state index is 0.0226. The normalized spacial score (nSPS) is 18.6. The van der Waals surface area contributed by atoms with Gasteiger partial charge in [-0.2, -0.15) is 0 Å². The monoisotopic (exact) mass is 463 g/mol. The molecule has 0 aromatic carbocycles. The molecule has 1 saturated carbocycles. The highest BCUT2D eigenvalue weighted by molar-refractivity contribution is 5.94. The van der Waals surface area contributed by atoms with E-state index < -0.39 is 5.97 Å². The van der Waals surface area contributed by atoms with Crippen LogP contribution in [0.15, 0.2) is 35.2 Å². The number of aryl methyl sites for hydroxylation is 1. The highest BCUT2D eigenvalue weighted by Crippen LogP contribution is 2.34. The number of aromatic nitrogens is 4. The van der Waals surface area contributed by atoms with Crippen molar-refractivity contribution in [1.82, 2.24) is 24.9 Å². The van der Waals surface area contributed by atoms with Crippen molar-refractivity contribution in [3.05, 3.63) is 53.4 Å². The third-order valence-electron chi connectivity index (χ3n) is 7.11. The molecule has 178 valence electrons. The number of carboxylic acid groups (broad SMARTS) is 1. The lowest BCUT2D eigenvalue weighted by Crippen LogP contribution is -2.37. The third kappa shape index (κ3) is 4.47. The van der Waals surface area contributed by atoms with Crippen molar-refractivity contribution < 1.29 is 19.1 Å². The van der Waals surface area contributed by atoms with Gasteiger partial charge in [-0.15, -0.1) is 5.10 Å². The summed E-state index contributed by atoms with van der Waals surface area (Å²) in [7, 11) is 0. The van der Waals surface area contributed by atoms with Crippen LogP contribution in [0.5, 0.6) is 0 Å². The Kier molecular flexibility index (Phi) is 6.17. The molecule has 0 bridgehead atoms.